The number of aryl methyl sites for hydroxylation is 1. The van der Waals surface area contributed by atoms with Crippen LogP contribution in [0.3, 0.4) is 0 Å². The lowest BCUT2D eigenvalue weighted by Gasteiger charge is -2.07. The summed E-state index contributed by atoms with van der Waals surface area (Å²) in [5.74, 6) is -0.348. The monoisotopic (exact) mass is 384 g/mol. The predicted molar refractivity (Wildman–Crippen MR) is 114 cm³/mol. The normalized spacial score (nSPS) is 18.3. The zero-order chi connectivity index (χ0) is 26.7. The van der Waals surface area contributed by atoms with Crippen molar-refractivity contribution < 1.29 is 17.1 Å². The molecule has 0 unspecified atom stereocenters. The summed E-state index contributed by atoms with van der Waals surface area (Å²) in [6.45, 7) is -4.11. The van der Waals surface area contributed by atoms with E-state index >= 15 is 0 Å². The number of fused-ring (bicyclic) bond motifs is 2. The maximum atomic E-state index is 13.7. The summed E-state index contributed by atoms with van der Waals surface area (Å²) in [6, 6.07) is 17.1. The molecule has 0 radical (unpaired) electrons. The molecule has 0 amide bonds. The van der Waals surface area contributed by atoms with Gasteiger partial charge in [-0.05, 0) is 30.0 Å². The molecule has 0 fully saturated rings. The first kappa shape index (κ1) is 10.1. The number of hydrogen-bond acceptors (Lipinski definition) is 1. The van der Waals surface area contributed by atoms with E-state index in [9.17, 15) is 4.79 Å². The van der Waals surface area contributed by atoms with E-state index in [1.165, 1.54) is 10.8 Å². The fourth-order valence-electron chi connectivity index (χ4n) is 3.33. The SMILES string of the molecule is [2H]C([2H])([2H])C([2H])([2H])C([2H])([2H])C([2H])([2H])Cn1cc(C(=O)c2ccc(Cl)c3ccccc23)c2ccccc21. The van der Waals surface area contributed by atoms with Crippen LogP contribution in [-0.2, 0) is 6.54 Å². The number of ketones is 1. The van der Waals surface area contributed by atoms with E-state index in [2.05, 4.69) is 0 Å². The van der Waals surface area contributed by atoms with Crippen LogP contribution in [-0.4, -0.2) is 10.4 Å². The van der Waals surface area contributed by atoms with E-state index < -0.39 is 32.5 Å². The average molecular weight is 385 g/mol. The number of nitrogens with zero attached hydrogens (tertiary/aromatic N) is 1. The van der Waals surface area contributed by atoms with E-state index in [0.29, 0.717) is 32.3 Å². The quantitative estimate of drug-likeness (QED) is 0.332. The Balaban J connectivity index is 1.82. The summed E-state index contributed by atoms with van der Waals surface area (Å²) < 4.78 is 72.3. The maximum Gasteiger partial charge on any atom is 0.195 e. The summed E-state index contributed by atoms with van der Waals surface area (Å²) >= 11 is 6.30. The van der Waals surface area contributed by atoms with Crippen molar-refractivity contribution in [1.29, 1.82) is 0 Å². The molecule has 2 nitrogen and oxygen atoms in total. The molecule has 3 aromatic carbocycles. The molecule has 136 valence electrons. The van der Waals surface area contributed by atoms with Gasteiger partial charge >= 0.3 is 0 Å². The van der Waals surface area contributed by atoms with Crippen LogP contribution in [0.4, 0.5) is 0 Å². The van der Waals surface area contributed by atoms with Crippen LogP contribution in [0, 0.1) is 0 Å². The first-order chi connectivity index (χ1) is 16.6. The smallest absolute Gasteiger partial charge is 0.195 e. The van der Waals surface area contributed by atoms with Gasteiger partial charge in [-0.3, -0.25) is 4.79 Å². The summed E-state index contributed by atoms with van der Waals surface area (Å²) in [4.78, 5) is 13.7. The molecule has 0 N–H and O–H groups in total. The molecule has 0 spiro atoms. The standard InChI is InChI=1S/C24H22ClNO/c1-2-3-8-15-26-16-21(19-11-6-7-12-23(19)26)24(27)20-13-14-22(25)18-10-5-4-9-17(18)20/h4-7,9-14,16H,2-3,8,15H2,1H3/i1D3,2D2,3D2,8D2. The van der Waals surface area contributed by atoms with Crippen LogP contribution in [0.2, 0.25) is 5.02 Å². The van der Waals surface area contributed by atoms with E-state index in [1.807, 2.05) is 6.07 Å². The second-order valence-electron chi connectivity index (χ2n) is 6.08. The lowest BCUT2D eigenvalue weighted by molar-refractivity contribution is 0.104. The Kier molecular flexibility index (Phi) is 2.83. The average Bonchev–Trinajstić information content (AvgIpc) is 3.16. The summed E-state index contributed by atoms with van der Waals surface area (Å²) in [7, 11) is 0. The van der Waals surface area contributed by atoms with Crippen molar-refractivity contribution in [1.82, 2.24) is 4.57 Å². The molecule has 1 heterocycles. The van der Waals surface area contributed by atoms with Crippen LogP contribution >= 0.6 is 11.6 Å². The zero-order valence-electron chi connectivity index (χ0n) is 23.3. The Bertz CT molecular complexity index is 1470. The van der Waals surface area contributed by atoms with Crippen molar-refractivity contribution in [3.05, 3.63) is 83.0 Å². The van der Waals surface area contributed by atoms with Crippen molar-refractivity contribution in [2.24, 2.45) is 0 Å². The minimum Gasteiger partial charge on any atom is -0.347 e. The van der Waals surface area contributed by atoms with Gasteiger partial charge in [-0.2, -0.15) is 0 Å². The zero-order valence-corrected chi connectivity index (χ0v) is 15.0. The Hall–Kier alpha value is -2.58. The van der Waals surface area contributed by atoms with Crippen molar-refractivity contribution in [2.45, 2.75) is 32.5 Å². The molecule has 0 aliphatic heterocycles. The van der Waals surface area contributed by atoms with Crippen molar-refractivity contribution in [2.75, 3.05) is 0 Å². The van der Waals surface area contributed by atoms with Gasteiger partial charge in [0.2, 0.25) is 0 Å². The molecule has 0 saturated carbocycles. The largest absolute Gasteiger partial charge is 0.347 e. The molecule has 3 heteroatoms. The van der Waals surface area contributed by atoms with Gasteiger partial charge in [-0.15, -0.1) is 0 Å². The molecular weight excluding hydrogens is 354 g/mol. The first-order valence-electron chi connectivity index (χ1n) is 12.9. The van der Waals surface area contributed by atoms with E-state index in [-0.39, 0.29) is 11.3 Å². The highest BCUT2D eigenvalue weighted by atomic mass is 35.5. The van der Waals surface area contributed by atoms with E-state index in [4.69, 9.17) is 23.9 Å². The molecule has 4 aromatic rings. The van der Waals surface area contributed by atoms with Crippen LogP contribution in [0.5, 0.6) is 0 Å². The Morgan fingerprint density at radius 2 is 1.70 bits per heavy atom. The fraction of sp³-hybridized carbons (Fsp3) is 0.208. The van der Waals surface area contributed by atoms with Gasteiger partial charge in [0, 0.05) is 57.5 Å². The second-order valence-corrected chi connectivity index (χ2v) is 6.49. The number of hydrogen-bond donors (Lipinski definition) is 0. The Labute approximate surface area is 177 Å². The number of carbonyl (C=O) groups is 1. The van der Waals surface area contributed by atoms with Crippen molar-refractivity contribution >= 4 is 39.1 Å². The van der Waals surface area contributed by atoms with Gasteiger partial charge in [0.15, 0.2) is 5.78 Å². The molecule has 0 atom stereocenters. The van der Waals surface area contributed by atoms with Gasteiger partial charge in [-0.25, -0.2) is 0 Å². The lowest BCUT2D eigenvalue weighted by Crippen LogP contribution is -2.02. The minimum atomic E-state index is -3.46. The molecule has 0 aliphatic carbocycles. The molecule has 4 rings (SSSR count). The number of para-hydroxylation sites is 1. The molecule has 0 bridgehead atoms. The number of rotatable bonds is 6. The van der Waals surface area contributed by atoms with Gasteiger partial charge in [0.25, 0.3) is 0 Å². The third-order valence-corrected chi connectivity index (χ3v) is 4.88. The summed E-state index contributed by atoms with van der Waals surface area (Å²) in [5, 5.41) is 2.33. The number of halogens is 1. The van der Waals surface area contributed by atoms with Gasteiger partial charge in [0.1, 0.15) is 0 Å². The summed E-state index contributed by atoms with van der Waals surface area (Å²) in [5.41, 5.74) is 1.05. The van der Waals surface area contributed by atoms with E-state index in [0.717, 1.165) is 0 Å². The van der Waals surface area contributed by atoms with Gasteiger partial charge < -0.3 is 4.57 Å². The molecule has 0 saturated heterocycles. The van der Waals surface area contributed by atoms with Crippen LogP contribution in [0.1, 0.15) is 54.2 Å². The highest BCUT2D eigenvalue weighted by Crippen LogP contribution is 2.30. The van der Waals surface area contributed by atoms with Gasteiger partial charge in [0.05, 0.1) is 0 Å². The lowest BCUT2D eigenvalue weighted by atomic mass is 9.97. The van der Waals surface area contributed by atoms with Crippen LogP contribution < -0.4 is 0 Å². The predicted octanol–water partition coefficient (Wildman–Crippen LogP) is 6.87. The highest BCUT2D eigenvalue weighted by Gasteiger charge is 2.19. The molecule has 1 aromatic heterocycles. The highest BCUT2D eigenvalue weighted by molar-refractivity contribution is 6.36. The fourth-order valence-corrected chi connectivity index (χ4v) is 3.56. The first-order valence-corrected chi connectivity index (χ1v) is 8.78. The maximum absolute atomic E-state index is 13.7. The van der Waals surface area contributed by atoms with Crippen LogP contribution in [0.15, 0.2) is 66.9 Å². The number of benzene rings is 3. The second kappa shape index (κ2) is 7.58. The Morgan fingerprint density at radius 1 is 0.963 bits per heavy atom. The van der Waals surface area contributed by atoms with Gasteiger partial charge in [-0.1, -0.05) is 73.7 Å². The van der Waals surface area contributed by atoms with E-state index in [1.54, 1.807) is 54.6 Å². The topological polar surface area (TPSA) is 22.0 Å². The molecule has 0 aliphatic rings. The third-order valence-electron chi connectivity index (χ3n) is 4.55. The Morgan fingerprint density at radius 3 is 2.52 bits per heavy atom. The number of carbonyl (C=O) groups excluding carboxylic acids is 1. The molecule has 27 heavy (non-hydrogen) atoms. The van der Waals surface area contributed by atoms with Crippen molar-refractivity contribution in [3.8, 4) is 0 Å². The minimum absolute atomic E-state index is 0.244. The third kappa shape index (κ3) is 3.26. The van der Waals surface area contributed by atoms with Crippen molar-refractivity contribution in [3.63, 3.8) is 0 Å². The summed E-state index contributed by atoms with van der Waals surface area (Å²) in [6.07, 6.45) is -8.39. The molecular formula is C24H22ClNO. The number of aromatic nitrogens is 1. The van der Waals surface area contributed by atoms with Crippen LogP contribution in [0.25, 0.3) is 21.7 Å².